The van der Waals surface area contributed by atoms with E-state index >= 15 is 0 Å². The van der Waals surface area contributed by atoms with Crippen molar-refractivity contribution in [2.75, 3.05) is 0 Å². The van der Waals surface area contributed by atoms with Crippen LogP contribution in [0.4, 0.5) is 0 Å². The average molecular weight is 524 g/mol. The van der Waals surface area contributed by atoms with Crippen LogP contribution >= 0.6 is 24.2 Å². The van der Waals surface area contributed by atoms with Crippen molar-refractivity contribution in [1.82, 2.24) is 14.9 Å². The molecule has 2 aromatic carbocycles. The number of benzene rings is 2. The summed E-state index contributed by atoms with van der Waals surface area (Å²) in [4.78, 5) is 23.6. The predicted molar refractivity (Wildman–Crippen MR) is 145 cm³/mol. The van der Waals surface area contributed by atoms with Crippen molar-refractivity contribution in [3.63, 3.8) is 0 Å². The summed E-state index contributed by atoms with van der Waals surface area (Å²) in [5, 5.41) is 9.40. The summed E-state index contributed by atoms with van der Waals surface area (Å²) in [6.07, 6.45) is 3.30. The molecular weight excluding hydrogens is 494 g/mol. The fourth-order valence-corrected chi connectivity index (χ4v) is 4.59. The quantitative estimate of drug-likeness (QED) is 0.234. The Labute approximate surface area is 222 Å². The molecule has 8 heteroatoms. The number of furan rings is 1. The molecule has 0 unspecified atom stereocenters. The summed E-state index contributed by atoms with van der Waals surface area (Å²) in [6, 6.07) is 22.3. The lowest BCUT2D eigenvalue weighted by Gasteiger charge is -2.22. The molecule has 0 amide bonds. The number of carboxylic acids is 1. The van der Waals surface area contributed by atoms with Crippen LogP contribution in [0, 0.1) is 6.92 Å². The van der Waals surface area contributed by atoms with E-state index < -0.39 is 10.7 Å². The monoisotopic (exact) mass is 523 g/mol. The molecule has 0 spiro atoms. The van der Waals surface area contributed by atoms with Gasteiger partial charge in [0.05, 0.1) is 24.2 Å². The number of nitrogens with zero attached hydrogens (tertiary/aromatic N) is 3. The van der Waals surface area contributed by atoms with Gasteiger partial charge in [-0.05, 0) is 56.7 Å². The van der Waals surface area contributed by atoms with E-state index in [0.717, 1.165) is 33.2 Å². The number of rotatable bonds is 10. The Kier molecular flexibility index (Phi) is 9.31. The van der Waals surface area contributed by atoms with Gasteiger partial charge in [-0.25, -0.2) is 9.97 Å². The Morgan fingerprint density at radius 2 is 1.72 bits per heavy atom. The van der Waals surface area contributed by atoms with E-state index in [0.29, 0.717) is 19.6 Å². The molecule has 1 N–H and O–H groups in total. The minimum absolute atomic E-state index is 0. The number of hydrogen-bond donors (Lipinski definition) is 1. The maximum Gasteiger partial charge on any atom is 0.319 e. The molecular formula is C28H30ClN3O3S. The van der Waals surface area contributed by atoms with E-state index in [4.69, 9.17) is 4.42 Å². The maximum absolute atomic E-state index is 11.4. The Bertz CT molecular complexity index is 1260. The minimum atomic E-state index is -0.880. The third-order valence-corrected chi connectivity index (χ3v) is 6.83. The first-order valence-electron chi connectivity index (χ1n) is 11.4. The fraction of sp³-hybridized carbons (Fsp3) is 0.250. The molecule has 2 aromatic heterocycles. The van der Waals surface area contributed by atoms with Crippen LogP contribution in [0.15, 0.2) is 88.6 Å². The third-order valence-electron chi connectivity index (χ3n) is 5.63. The molecule has 0 radical (unpaired) electrons. The lowest BCUT2D eigenvalue weighted by Crippen LogP contribution is -2.26. The van der Waals surface area contributed by atoms with Gasteiger partial charge >= 0.3 is 5.97 Å². The van der Waals surface area contributed by atoms with E-state index in [1.54, 1.807) is 26.4 Å². The number of hydrogen-bond acceptors (Lipinski definition) is 6. The van der Waals surface area contributed by atoms with Crippen molar-refractivity contribution in [3.8, 4) is 11.3 Å². The first-order chi connectivity index (χ1) is 16.8. The Hall–Kier alpha value is -3.13. The minimum Gasteiger partial charge on any atom is -0.480 e. The summed E-state index contributed by atoms with van der Waals surface area (Å²) >= 11 is 1.34. The summed E-state index contributed by atoms with van der Waals surface area (Å²) in [7, 11) is 0. The molecule has 36 heavy (non-hydrogen) atoms. The molecule has 0 aliphatic heterocycles. The number of aryl methyl sites for hydroxylation is 1. The smallest absolute Gasteiger partial charge is 0.319 e. The molecule has 188 valence electrons. The van der Waals surface area contributed by atoms with Crippen molar-refractivity contribution in [2.24, 2.45) is 0 Å². The van der Waals surface area contributed by atoms with E-state index in [9.17, 15) is 9.90 Å². The summed E-state index contributed by atoms with van der Waals surface area (Å²) < 4.78 is 4.73. The van der Waals surface area contributed by atoms with Gasteiger partial charge < -0.3 is 9.52 Å². The third kappa shape index (κ3) is 7.43. The second-order valence-electron chi connectivity index (χ2n) is 9.05. The SMILES string of the molecule is Cc1ccc(-c2cc(CN(Cc3ccc(SC(C)(C)C(=O)O)cc3)Cc3ccco3)ncn2)cc1.Cl. The van der Waals surface area contributed by atoms with Gasteiger partial charge in [-0.1, -0.05) is 42.0 Å². The van der Waals surface area contributed by atoms with E-state index in [-0.39, 0.29) is 12.4 Å². The van der Waals surface area contributed by atoms with Crippen LogP contribution < -0.4 is 0 Å². The highest BCUT2D eigenvalue weighted by Gasteiger charge is 2.28. The number of carboxylic acid groups (broad SMARTS) is 1. The Morgan fingerprint density at radius 1 is 1.00 bits per heavy atom. The highest BCUT2D eigenvalue weighted by molar-refractivity contribution is 8.01. The van der Waals surface area contributed by atoms with Gasteiger partial charge in [0.15, 0.2) is 0 Å². The van der Waals surface area contributed by atoms with Gasteiger partial charge in [-0.15, -0.1) is 24.2 Å². The molecule has 6 nitrogen and oxygen atoms in total. The first-order valence-corrected chi connectivity index (χ1v) is 12.2. The number of thioether (sulfide) groups is 1. The molecule has 0 saturated heterocycles. The number of aliphatic carboxylic acids is 1. The molecule has 0 aliphatic carbocycles. The van der Waals surface area contributed by atoms with Crippen molar-refractivity contribution in [2.45, 2.75) is 50.0 Å². The van der Waals surface area contributed by atoms with Crippen molar-refractivity contribution in [1.29, 1.82) is 0 Å². The van der Waals surface area contributed by atoms with Crippen LogP contribution in [0.2, 0.25) is 0 Å². The maximum atomic E-state index is 11.4. The highest BCUT2D eigenvalue weighted by Crippen LogP contribution is 2.33. The summed E-state index contributed by atoms with van der Waals surface area (Å²) in [6.45, 7) is 7.46. The predicted octanol–water partition coefficient (Wildman–Crippen LogP) is 6.62. The van der Waals surface area contributed by atoms with Gasteiger partial charge in [0, 0.05) is 23.5 Å². The number of aromatic nitrogens is 2. The molecule has 0 bridgehead atoms. The van der Waals surface area contributed by atoms with Crippen LogP contribution in [0.1, 0.15) is 36.4 Å². The molecule has 0 atom stereocenters. The van der Waals surface area contributed by atoms with Crippen molar-refractivity contribution in [3.05, 3.63) is 102 Å². The second kappa shape index (κ2) is 12.2. The molecule has 0 fully saturated rings. The molecule has 0 aliphatic rings. The number of carbonyl (C=O) groups is 1. The zero-order chi connectivity index (χ0) is 24.8. The van der Waals surface area contributed by atoms with E-state index in [1.165, 1.54) is 17.3 Å². The van der Waals surface area contributed by atoms with Crippen molar-refractivity contribution >= 4 is 30.1 Å². The van der Waals surface area contributed by atoms with Gasteiger partial charge in [0.1, 0.15) is 16.8 Å². The first kappa shape index (κ1) is 27.5. The van der Waals surface area contributed by atoms with Crippen molar-refractivity contribution < 1.29 is 14.3 Å². The van der Waals surface area contributed by atoms with Gasteiger partial charge in [0.2, 0.25) is 0 Å². The molecule has 4 aromatic rings. The Balaban J connectivity index is 0.00000361. The molecule has 0 saturated carbocycles. The fourth-order valence-electron chi connectivity index (χ4n) is 3.65. The van der Waals surface area contributed by atoms with Gasteiger partial charge in [-0.3, -0.25) is 9.69 Å². The average Bonchev–Trinajstić information content (AvgIpc) is 3.34. The van der Waals surface area contributed by atoms with E-state index in [1.807, 2.05) is 42.5 Å². The normalized spacial score (nSPS) is 11.3. The van der Waals surface area contributed by atoms with E-state index in [2.05, 4.69) is 46.1 Å². The topological polar surface area (TPSA) is 79.5 Å². The van der Waals surface area contributed by atoms with Crippen LogP contribution in [-0.4, -0.2) is 30.7 Å². The van der Waals surface area contributed by atoms with Crippen LogP contribution in [-0.2, 0) is 24.4 Å². The van der Waals surface area contributed by atoms with Gasteiger partial charge in [-0.2, -0.15) is 0 Å². The lowest BCUT2D eigenvalue weighted by atomic mass is 10.1. The van der Waals surface area contributed by atoms with Crippen LogP contribution in [0.25, 0.3) is 11.3 Å². The van der Waals surface area contributed by atoms with Crippen LogP contribution in [0.5, 0.6) is 0 Å². The molecule has 4 rings (SSSR count). The second-order valence-corrected chi connectivity index (χ2v) is 10.7. The number of halogens is 1. The lowest BCUT2D eigenvalue weighted by molar-refractivity contribution is -0.138. The van der Waals surface area contributed by atoms with Gasteiger partial charge in [0.25, 0.3) is 0 Å². The largest absolute Gasteiger partial charge is 0.480 e. The zero-order valence-corrected chi connectivity index (χ0v) is 22.2. The molecule has 2 heterocycles. The summed E-state index contributed by atoms with van der Waals surface area (Å²) in [5.41, 5.74) is 5.23. The highest BCUT2D eigenvalue weighted by atomic mass is 35.5. The van der Waals surface area contributed by atoms with Crippen LogP contribution in [0.3, 0.4) is 0 Å². The Morgan fingerprint density at radius 3 is 2.36 bits per heavy atom. The summed E-state index contributed by atoms with van der Waals surface area (Å²) in [5.74, 6) is 0.0549. The zero-order valence-electron chi connectivity index (χ0n) is 20.5. The standard InChI is InChI=1S/C28H29N3O3S.ClH/c1-20-6-10-22(11-7-20)26-15-23(29-19-30-26)17-31(18-24-5-4-14-34-24)16-21-8-12-25(13-9-21)35-28(2,3)27(32)33;/h4-15,19H,16-18H2,1-3H3,(H,32,33);1H.